The van der Waals surface area contributed by atoms with Crippen LogP contribution in [0.15, 0.2) is 0 Å². The van der Waals surface area contributed by atoms with Crippen LogP contribution in [-0.2, 0) is 9.59 Å². The van der Waals surface area contributed by atoms with Gasteiger partial charge in [-0.25, -0.2) is 0 Å². The van der Waals surface area contributed by atoms with Gasteiger partial charge in [0.2, 0.25) is 8.07 Å². The maximum Gasteiger partial charge on any atom is 0.207 e. The van der Waals surface area contributed by atoms with Crippen molar-refractivity contribution >= 4 is 18.9 Å². The Balaban J connectivity index is 4.90. The fraction of sp³-hybridized carbons (Fsp3) is 0.800. The summed E-state index contributed by atoms with van der Waals surface area (Å²) in [6.45, 7) is 7.68. The highest BCUT2D eigenvalue weighted by atomic mass is 28.3. The molecule has 0 aromatic carbocycles. The minimum absolute atomic E-state index is 0.240. The van der Waals surface area contributed by atoms with E-state index in [9.17, 15) is 9.59 Å². The van der Waals surface area contributed by atoms with Gasteiger partial charge < -0.3 is 9.59 Å². The summed E-state index contributed by atoms with van der Waals surface area (Å²) in [5, 5.41) is 0.480. The zero-order chi connectivity index (χ0) is 10.5. The summed E-state index contributed by atoms with van der Waals surface area (Å²) in [4.78, 5) is 23.5. The summed E-state index contributed by atoms with van der Waals surface area (Å²) in [5.41, 5.74) is 0. The first-order valence-corrected chi connectivity index (χ1v) is 7.57. The highest BCUT2D eigenvalue weighted by molar-refractivity contribution is 7.24. The van der Waals surface area contributed by atoms with Crippen molar-refractivity contribution in [1.82, 2.24) is 0 Å². The topological polar surface area (TPSA) is 34.1 Å². The van der Waals surface area contributed by atoms with Gasteiger partial charge in [0, 0.05) is 0 Å². The second kappa shape index (κ2) is 5.32. The molecular weight excluding hydrogens is 180 g/mol. The lowest BCUT2D eigenvalue weighted by molar-refractivity contribution is -0.116. The van der Waals surface area contributed by atoms with Crippen molar-refractivity contribution in [3.8, 4) is 0 Å². The summed E-state index contributed by atoms with van der Waals surface area (Å²) in [6, 6.07) is 1.56. The quantitative estimate of drug-likeness (QED) is 0.617. The lowest BCUT2D eigenvalue weighted by atomic mass is 10.5. The first-order valence-electron chi connectivity index (χ1n) is 5.15. The minimum Gasteiger partial charge on any atom is -0.305 e. The van der Waals surface area contributed by atoms with Crippen molar-refractivity contribution in [3.05, 3.63) is 0 Å². The molecule has 0 aliphatic heterocycles. The lowest BCUT2D eigenvalue weighted by Crippen LogP contribution is -2.50. The Labute approximate surface area is 81.7 Å². The van der Waals surface area contributed by atoms with Gasteiger partial charge in [0.1, 0.15) is 10.8 Å². The van der Waals surface area contributed by atoms with Crippen molar-refractivity contribution in [2.75, 3.05) is 0 Å². The largest absolute Gasteiger partial charge is 0.305 e. The van der Waals surface area contributed by atoms with Gasteiger partial charge in [0.25, 0.3) is 0 Å². The number of rotatable bonds is 6. The molecule has 0 saturated heterocycles. The average Bonchev–Trinajstić information content (AvgIpc) is 2.19. The van der Waals surface area contributed by atoms with Crippen LogP contribution in [0.4, 0.5) is 0 Å². The SMILES string of the molecule is CCC(=O)[Si](CC)(CC)C(=O)CC. The Morgan fingerprint density at radius 2 is 1.15 bits per heavy atom. The lowest BCUT2D eigenvalue weighted by Gasteiger charge is -2.24. The molecule has 0 bridgehead atoms. The van der Waals surface area contributed by atoms with E-state index >= 15 is 0 Å². The van der Waals surface area contributed by atoms with Crippen LogP contribution in [0.3, 0.4) is 0 Å². The first kappa shape index (κ1) is 12.6. The van der Waals surface area contributed by atoms with Crippen LogP contribution in [0.2, 0.25) is 12.1 Å². The molecule has 0 aromatic heterocycles. The number of carbonyl (C=O) groups is 2. The molecule has 0 aliphatic rings. The van der Waals surface area contributed by atoms with Gasteiger partial charge in [-0.2, -0.15) is 0 Å². The van der Waals surface area contributed by atoms with Crippen LogP contribution in [0.1, 0.15) is 40.5 Å². The summed E-state index contributed by atoms with van der Waals surface area (Å²) >= 11 is 0. The standard InChI is InChI=1S/C10H20O2Si/c1-5-9(11)13(7-3,8-4)10(12)6-2/h5-8H2,1-4H3. The van der Waals surface area contributed by atoms with E-state index in [1.807, 2.05) is 27.7 Å². The molecule has 0 amide bonds. The van der Waals surface area contributed by atoms with Crippen LogP contribution >= 0.6 is 0 Å². The molecule has 0 rings (SSSR count). The molecule has 0 spiro atoms. The Kier molecular flexibility index (Phi) is 5.14. The maximum absolute atomic E-state index is 11.7. The fourth-order valence-corrected chi connectivity index (χ4v) is 5.61. The molecule has 0 saturated carbocycles. The van der Waals surface area contributed by atoms with E-state index in [-0.39, 0.29) is 10.8 Å². The van der Waals surface area contributed by atoms with E-state index in [2.05, 4.69) is 0 Å². The van der Waals surface area contributed by atoms with E-state index in [4.69, 9.17) is 0 Å². The molecule has 0 fully saturated rings. The van der Waals surface area contributed by atoms with Crippen molar-refractivity contribution in [2.24, 2.45) is 0 Å². The van der Waals surface area contributed by atoms with Gasteiger partial charge in [-0.15, -0.1) is 0 Å². The molecule has 0 heterocycles. The smallest absolute Gasteiger partial charge is 0.207 e. The van der Waals surface area contributed by atoms with Crippen LogP contribution in [0.5, 0.6) is 0 Å². The molecule has 2 nitrogen and oxygen atoms in total. The molecular formula is C10H20O2Si. The Morgan fingerprint density at radius 1 is 0.846 bits per heavy atom. The number of hydrogen-bond donors (Lipinski definition) is 0. The van der Waals surface area contributed by atoms with E-state index in [0.29, 0.717) is 12.8 Å². The van der Waals surface area contributed by atoms with Gasteiger partial charge in [-0.05, 0) is 24.9 Å². The zero-order valence-electron chi connectivity index (χ0n) is 9.14. The van der Waals surface area contributed by atoms with Crippen LogP contribution in [-0.4, -0.2) is 18.9 Å². The van der Waals surface area contributed by atoms with Gasteiger partial charge in [-0.1, -0.05) is 27.7 Å². The molecule has 0 aromatic rings. The third kappa shape index (κ3) is 2.27. The zero-order valence-corrected chi connectivity index (χ0v) is 10.1. The maximum atomic E-state index is 11.7. The number of hydrogen-bond acceptors (Lipinski definition) is 2. The molecule has 0 aliphatic carbocycles. The summed E-state index contributed by atoms with van der Waals surface area (Å²) < 4.78 is 0. The van der Waals surface area contributed by atoms with E-state index in [1.165, 1.54) is 0 Å². The number of carbonyl (C=O) groups excluding carboxylic acids is 2. The third-order valence-corrected chi connectivity index (χ3v) is 8.17. The van der Waals surface area contributed by atoms with E-state index in [1.54, 1.807) is 0 Å². The van der Waals surface area contributed by atoms with Crippen molar-refractivity contribution < 1.29 is 9.59 Å². The molecule has 3 heteroatoms. The van der Waals surface area contributed by atoms with Gasteiger partial charge in [0.05, 0.1) is 0 Å². The van der Waals surface area contributed by atoms with Crippen LogP contribution in [0.25, 0.3) is 0 Å². The first-order chi connectivity index (χ1) is 6.08. The van der Waals surface area contributed by atoms with Crippen molar-refractivity contribution in [2.45, 2.75) is 52.6 Å². The van der Waals surface area contributed by atoms with Crippen LogP contribution < -0.4 is 0 Å². The fourth-order valence-electron chi connectivity index (χ4n) is 1.87. The normalized spacial score (nSPS) is 11.4. The highest BCUT2D eigenvalue weighted by Crippen LogP contribution is 2.20. The molecule has 13 heavy (non-hydrogen) atoms. The second-order valence-electron chi connectivity index (χ2n) is 3.34. The van der Waals surface area contributed by atoms with Gasteiger partial charge in [-0.3, -0.25) is 0 Å². The average molecular weight is 200 g/mol. The monoisotopic (exact) mass is 200 g/mol. The molecule has 76 valence electrons. The minimum atomic E-state index is -2.23. The van der Waals surface area contributed by atoms with Crippen LogP contribution in [0, 0.1) is 0 Å². The predicted octanol–water partition coefficient (Wildman–Crippen LogP) is 2.51. The second-order valence-corrected chi connectivity index (χ2v) is 8.04. The Hall–Kier alpha value is -0.443. The molecule has 0 radical (unpaired) electrons. The van der Waals surface area contributed by atoms with Gasteiger partial charge >= 0.3 is 0 Å². The summed E-state index contributed by atoms with van der Waals surface area (Å²) in [7, 11) is -2.23. The van der Waals surface area contributed by atoms with Crippen molar-refractivity contribution in [3.63, 3.8) is 0 Å². The molecule has 0 atom stereocenters. The Bertz CT molecular complexity index is 177. The van der Waals surface area contributed by atoms with Crippen molar-refractivity contribution in [1.29, 1.82) is 0 Å². The summed E-state index contributed by atoms with van der Waals surface area (Å²) in [5.74, 6) is 0. The predicted molar refractivity (Wildman–Crippen MR) is 57.3 cm³/mol. The molecule has 0 unspecified atom stereocenters. The van der Waals surface area contributed by atoms with E-state index in [0.717, 1.165) is 12.1 Å². The third-order valence-electron chi connectivity index (χ3n) is 2.92. The highest BCUT2D eigenvalue weighted by Gasteiger charge is 2.42. The summed E-state index contributed by atoms with van der Waals surface area (Å²) in [6.07, 6.45) is 1.05. The van der Waals surface area contributed by atoms with E-state index < -0.39 is 8.07 Å². The Morgan fingerprint density at radius 3 is 1.31 bits per heavy atom. The molecule has 0 N–H and O–H groups in total. The van der Waals surface area contributed by atoms with Gasteiger partial charge in [0.15, 0.2) is 0 Å².